The normalized spacial score (nSPS) is 19.6. The molecule has 0 bridgehead atoms. The first-order valence-corrected chi connectivity index (χ1v) is 7.97. The average molecular weight is 290 g/mol. The molecule has 1 aromatic rings. The predicted molar refractivity (Wildman–Crippen MR) is 84.6 cm³/mol. The van der Waals surface area contributed by atoms with Crippen molar-refractivity contribution in [2.75, 3.05) is 19.6 Å². The fraction of sp³-hybridized carbons (Fsp3) is 0.588. The van der Waals surface area contributed by atoms with Crippen LogP contribution in [0.4, 0.5) is 0 Å². The van der Waals surface area contributed by atoms with Crippen molar-refractivity contribution in [1.29, 1.82) is 0 Å². The third kappa shape index (κ3) is 4.83. The Morgan fingerprint density at radius 3 is 2.76 bits per heavy atom. The monoisotopic (exact) mass is 290 g/mol. The highest BCUT2D eigenvalue weighted by Gasteiger charge is 2.19. The molecular formula is C17H26N2O2. The summed E-state index contributed by atoms with van der Waals surface area (Å²) < 4.78 is 0. The molecule has 2 rings (SSSR count). The Labute approximate surface area is 127 Å². The van der Waals surface area contributed by atoms with Crippen LogP contribution in [0.5, 0.6) is 0 Å². The maximum atomic E-state index is 10.8. The van der Waals surface area contributed by atoms with Gasteiger partial charge in [0.25, 0.3) is 0 Å². The van der Waals surface area contributed by atoms with Crippen molar-refractivity contribution >= 4 is 5.97 Å². The van der Waals surface area contributed by atoms with Crippen LogP contribution in [0, 0.1) is 0 Å². The minimum absolute atomic E-state index is 0.345. The molecule has 1 atom stereocenters. The number of aromatic carboxylic acids is 1. The van der Waals surface area contributed by atoms with Crippen LogP contribution in [0.15, 0.2) is 24.3 Å². The number of hydrogen-bond donors (Lipinski definition) is 2. The number of carbonyl (C=O) groups is 1. The number of hydrogen-bond acceptors (Lipinski definition) is 3. The summed E-state index contributed by atoms with van der Waals surface area (Å²) in [7, 11) is 0. The van der Waals surface area contributed by atoms with Gasteiger partial charge in [-0.05, 0) is 43.5 Å². The molecular weight excluding hydrogens is 264 g/mol. The lowest BCUT2D eigenvalue weighted by Crippen LogP contribution is -2.42. The SMILES string of the molecule is CCC1CCCCN1CCNCc1ccc(C(=O)O)cc1. The van der Waals surface area contributed by atoms with Gasteiger partial charge in [-0.25, -0.2) is 4.79 Å². The van der Waals surface area contributed by atoms with E-state index >= 15 is 0 Å². The minimum Gasteiger partial charge on any atom is -0.478 e. The molecule has 1 fully saturated rings. The first-order chi connectivity index (χ1) is 10.2. The van der Waals surface area contributed by atoms with Crippen molar-refractivity contribution in [2.24, 2.45) is 0 Å². The summed E-state index contributed by atoms with van der Waals surface area (Å²) in [5, 5.41) is 12.3. The van der Waals surface area contributed by atoms with Crippen LogP contribution in [-0.4, -0.2) is 41.7 Å². The van der Waals surface area contributed by atoms with Gasteiger partial charge >= 0.3 is 5.97 Å². The van der Waals surface area contributed by atoms with Crippen molar-refractivity contribution < 1.29 is 9.90 Å². The molecule has 0 aromatic heterocycles. The van der Waals surface area contributed by atoms with Crippen molar-refractivity contribution in [3.05, 3.63) is 35.4 Å². The number of piperidine rings is 1. The molecule has 0 aliphatic carbocycles. The summed E-state index contributed by atoms with van der Waals surface area (Å²) in [6.07, 6.45) is 5.29. The predicted octanol–water partition coefficient (Wildman–Crippen LogP) is 2.74. The molecule has 2 N–H and O–H groups in total. The quantitative estimate of drug-likeness (QED) is 0.758. The summed E-state index contributed by atoms with van der Waals surface area (Å²) in [5.41, 5.74) is 1.48. The fourth-order valence-corrected chi connectivity index (χ4v) is 3.04. The lowest BCUT2D eigenvalue weighted by Gasteiger charge is -2.35. The van der Waals surface area contributed by atoms with Gasteiger partial charge in [-0.3, -0.25) is 4.90 Å². The Hall–Kier alpha value is -1.39. The maximum Gasteiger partial charge on any atom is 0.335 e. The molecule has 1 aliphatic rings. The van der Waals surface area contributed by atoms with E-state index in [0.717, 1.165) is 31.2 Å². The molecule has 0 amide bonds. The maximum absolute atomic E-state index is 10.8. The number of benzene rings is 1. The van der Waals surface area contributed by atoms with E-state index in [2.05, 4.69) is 17.1 Å². The molecule has 1 aromatic carbocycles. The second-order valence-electron chi connectivity index (χ2n) is 5.77. The molecule has 116 valence electrons. The van der Waals surface area contributed by atoms with Gasteiger partial charge in [-0.1, -0.05) is 25.5 Å². The van der Waals surface area contributed by atoms with E-state index in [0.29, 0.717) is 5.56 Å². The van der Waals surface area contributed by atoms with Gasteiger partial charge in [0.05, 0.1) is 5.56 Å². The summed E-state index contributed by atoms with van der Waals surface area (Å²) in [6, 6.07) is 7.85. The lowest BCUT2D eigenvalue weighted by atomic mass is 10.0. The second kappa shape index (κ2) is 8.15. The van der Waals surface area contributed by atoms with E-state index in [1.165, 1.54) is 32.2 Å². The van der Waals surface area contributed by atoms with E-state index in [1.807, 2.05) is 12.1 Å². The number of carboxylic acid groups (broad SMARTS) is 1. The van der Waals surface area contributed by atoms with E-state index in [9.17, 15) is 4.79 Å². The van der Waals surface area contributed by atoms with Crippen LogP contribution < -0.4 is 5.32 Å². The summed E-state index contributed by atoms with van der Waals surface area (Å²) in [5.74, 6) is -0.870. The smallest absolute Gasteiger partial charge is 0.335 e. The number of carboxylic acids is 1. The van der Waals surface area contributed by atoms with E-state index in [-0.39, 0.29) is 0 Å². The molecule has 0 saturated carbocycles. The Kier molecular flexibility index (Phi) is 6.21. The van der Waals surface area contributed by atoms with E-state index in [1.54, 1.807) is 12.1 Å². The highest BCUT2D eigenvalue weighted by Crippen LogP contribution is 2.18. The molecule has 0 radical (unpaired) electrons. The number of rotatable bonds is 7. The molecule has 1 aliphatic heterocycles. The highest BCUT2D eigenvalue weighted by molar-refractivity contribution is 5.87. The molecule has 21 heavy (non-hydrogen) atoms. The zero-order chi connectivity index (χ0) is 15.1. The third-order valence-electron chi connectivity index (χ3n) is 4.33. The number of nitrogens with zero attached hydrogens (tertiary/aromatic N) is 1. The standard InChI is InChI=1S/C17H26N2O2/c1-2-16-5-3-4-11-19(16)12-10-18-13-14-6-8-15(9-7-14)17(20)21/h6-9,16,18H,2-5,10-13H2,1H3,(H,20,21). The Morgan fingerprint density at radius 2 is 2.10 bits per heavy atom. The van der Waals surface area contributed by atoms with Crippen LogP contribution in [-0.2, 0) is 6.54 Å². The molecule has 1 saturated heterocycles. The average Bonchev–Trinajstić information content (AvgIpc) is 2.52. The summed E-state index contributed by atoms with van der Waals surface area (Å²) >= 11 is 0. The Bertz CT molecular complexity index is 445. The highest BCUT2D eigenvalue weighted by atomic mass is 16.4. The molecule has 1 heterocycles. The lowest BCUT2D eigenvalue weighted by molar-refractivity contribution is 0.0697. The topological polar surface area (TPSA) is 52.6 Å². The Balaban J connectivity index is 1.70. The van der Waals surface area contributed by atoms with Gasteiger partial charge in [-0.15, -0.1) is 0 Å². The number of likely N-dealkylation sites (tertiary alicyclic amines) is 1. The second-order valence-corrected chi connectivity index (χ2v) is 5.77. The van der Waals surface area contributed by atoms with Crippen LogP contribution in [0.25, 0.3) is 0 Å². The van der Waals surface area contributed by atoms with Gasteiger partial charge in [0.2, 0.25) is 0 Å². The van der Waals surface area contributed by atoms with Gasteiger partial charge < -0.3 is 10.4 Å². The first kappa shape index (κ1) is 16.0. The van der Waals surface area contributed by atoms with Crippen LogP contribution >= 0.6 is 0 Å². The van der Waals surface area contributed by atoms with E-state index < -0.39 is 5.97 Å². The van der Waals surface area contributed by atoms with Gasteiger partial charge in [0, 0.05) is 25.7 Å². The molecule has 1 unspecified atom stereocenters. The van der Waals surface area contributed by atoms with Crippen LogP contribution in [0.1, 0.15) is 48.5 Å². The van der Waals surface area contributed by atoms with Gasteiger partial charge in [0.15, 0.2) is 0 Å². The van der Waals surface area contributed by atoms with Crippen molar-refractivity contribution in [3.8, 4) is 0 Å². The third-order valence-corrected chi connectivity index (χ3v) is 4.33. The summed E-state index contributed by atoms with van der Waals surface area (Å²) in [4.78, 5) is 13.4. The minimum atomic E-state index is -0.870. The fourth-order valence-electron chi connectivity index (χ4n) is 3.04. The molecule has 4 nitrogen and oxygen atoms in total. The zero-order valence-corrected chi connectivity index (χ0v) is 12.8. The molecule has 4 heteroatoms. The van der Waals surface area contributed by atoms with Crippen LogP contribution in [0.3, 0.4) is 0 Å². The van der Waals surface area contributed by atoms with Gasteiger partial charge in [-0.2, -0.15) is 0 Å². The van der Waals surface area contributed by atoms with Crippen molar-refractivity contribution in [3.63, 3.8) is 0 Å². The molecule has 0 spiro atoms. The van der Waals surface area contributed by atoms with E-state index in [4.69, 9.17) is 5.11 Å². The van der Waals surface area contributed by atoms with Crippen LogP contribution in [0.2, 0.25) is 0 Å². The van der Waals surface area contributed by atoms with Gasteiger partial charge in [0.1, 0.15) is 0 Å². The zero-order valence-electron chi connectivity index (χ0n) is 12.8. The number of nitrogens with one attached hydrogen (secondary N) is 1. The van der Waals surface area contributed by atoms with Crippen molar-refractivity contribution in [2.45, 2.75) is 45.2 Å². The largest absolute Gasteiger partial charge is 0.478 e. The first-order valence-electron chi connectivity index (χ1n) is 7.97. The summed E-state index contributed by atoms with van der Waals surface area (Å²) in [6.45, 7) is 6.39. The Morgan fingerprint density at radius 1 is 1.33 bits per heavy atom. The van der Waals surface area contributed by atoms with Crippen molar-refractivity contribution in [1.82, 2.24) is 10.2 Å².